The highest BCUT2D eigenvalue weighted by molar-refractivity contribution is 5.87. The fourth-order valence-electron chi connectivity index (χ4n) is 1.97. The van der Waals surface area contributed by atoms with E-state index in [0.29, 0.717) is 0 Å². The number of aryl methyl sites for hydroxylation is 2. The molecule has 0 atom stereocenters. The molecule has 74 valence electrons. The molecule has 0 N–H and O–H groups in total. The van der Waals surface area contributed by atoms with Crippen LogP contribution < -0.4 is 0 Å². The maximum Gasteiger partial charge on any atom is 0.0485 e. The summed E-state index contributed by atoms with van der Waals surface area (Å²) in [7, 11) is 2.06. The number of para-hydroxylation sites is 1. The topological polar surface area (TPSA) is 4.93 Å². The van der Waals surface area contributed by atoms with Crippen molar-refractivity contribution >= 4 is 17.0 Å². The average molecular weight is 195 g/mol. The van der Waals surface area contributed by atoms with E-state index in [1.807, 2.05) is 6.08 Å². The Bertz CT molecular complexity index is 526. The summed E-state index contributed by atoms with van der Waals surface area (Å²) in [5.74, 6) is 2.52. The molecule has 0 fully saturated rings. The second-order valence-electron chi connectivity index (χ2n) is 3.59. The van der Waals surface area contributed by atoms with Gasteiger partial charge in [0.05, 0.1) is 0 Å². The first-order valence-electron chi connectivity index (χ1n) is 4.92. The molecule has 2 rings (SSSR count). The highest BCUT2D eigenvalue weighted by Gasteiger charge is 2.07. The third-order valence-corrected chi connectivity index (χ3v) is 2.75. The van der Waals surface area contributed by atoms with Crippen LogP contribution >= 0.6 is 0 Å². The molecule has 1 heteroatoms. The van der Waals surface area contributed by atoms with Crippen LogP contribution in [-0.2, 0) is 7.05 Å². The Balaban J connectivity index is 2.76. The first-order chi connectivity index (χ1) is 7.25. The highest BCUT2D eigenvalue weighted by Crippen LogP contribution is 2.24. The molecular formula is C14H13N. The number of aromatic nitrogens is 1. The summed E-state index contributed by atoms with van der Waals surface area (Å²) in [6.07, 6.45) is 8.94. The number of allylic oxidation sites excluding steroid dienone is 1. The Morgan fingerprint density at radius 2 is 2.07 bits per heavy atom. The predicted octanol–water partition coefficient (Wildman–Crippen LogP) is 3.13. The van der Waals surface area contributed by atoms with Gasteiger partial charge in [0.2, 0.25) is 0 Å². The van der Waals surface area contributed by atoms with Gasteiger partial charge in [-0.1, -0.05) is 24.1 Å². The third-order valence-electron chi connectivity index (χ3n) is 2.75. The minimum Gasteiger partial charge on any atom is -0.344 e. The highest BCUT2D eigenvalue weighted by atomic mass is 14.9. The zero-order chi connectivity index (χ0) is 10.8. The lowest BCUT2D eigenvalue weighted by atomic mass is 10.1. The smallest absolute Gasteiger partial charge is 0.0485 e. The zero-order valence-electron chi connectivity index (χ0n) is 8.99. The summed E-state index contributed by atoms with van der Waals surface area (Å²) in [6, 6.07) is 8.37. The van der Waals surface area contributed by atoms with E-state index in [0.717, 1.165) is 0 Å². The van der Waals surface area contributed by atoms with E-state index in [1.54, 1.807) is 6.08 Å². The van der Waals surface area contributed by atoms with Crippen molar-refractivity contribution in [1.82, 2.24) is 4.57 Å². The van der Waals surface area contributed by atoms with Gasteiger partial charge in [0, 0.05) is 23.6 Å². The van der Waals surface area contributed by atoms with Crippen molar-refractivity contribution in [2.45, 2.75) is 6.92 Å². The molecule has 0 aliphatic heterocycles. The van der Waals surface area contributed by atoms with Gasteiger partial charge in [-0.05, 0) is 30.7 Å². The minimum absolute atomic E-state index is 1.18. The van der Waals surface area contributed by atoms with E-state index in [2.05, 4.69) is 48.7 Å². The average Bonchev–Trinajstić information content (AvgIpc) is 2.51. The lowest BCUT2D eigenvalue weighted by molar-refractivity contribution is 0.949. The maximum atomic E-state index is 5.22. The quantitative estimate of drug-likeness (QED) is 0.616. The van der Waals surface area contributed by atoms with Crippen LogP contribution in [0.1, 0.15) is 11.3 Å². The number of fused-ring (bicyclic) bond motifs is 1. The van der Waals surface area contributed by atoms with Crippen LogP contribution in [0, 0.1) is 19.3 Å². The largest absolute Gasteiger partial charge is 0.344 e. The van der Waals surface area contributed by atoms with Gasteiger partial charge in [-0.2, -0.15) is 0 Å². The van der Waals surface area contributed by atoms with Crippen LogP contribution in [0.3, 0.4) is 0 Å². The van der Waals surface area contributed by atoms with Gasteiger partial charge in [-0.3, -0.25) is 0 Å². The van der Waals surface area contributed by atoms with Gasteiger partial charge in [-0.25, -0.2) is 0 Å². The van der Waals surface area contributed by atoms with E-state index >= 15 is 0 Å². The van der Waals surface area contributed by atoms with E-state index in [9.17, 15) is 0 Å². The van der Waals surface area contributed by atoms with Crippen LogP contribution in [0.2, 0.25) is 0 Å². The molecule has 0 aliphatic rings. The van der Waals surface area contributed by atoms with E-state index in [1.165, 1.54) is 22.2 Å². The molecule has 0 saturated heterocycles. The summed E-state index contributed by atoms with van der Waals surface area (Å²) >= 11 is 0. The zero-order valence-corrected chi connectivity index (χ0v) is 8.99. The maximum absolute atomic E-state index is 5.22. The molecule has 0 radical (unpaired) electrons. The van der Waals surface area contributed by atoms with Crippen LogP contribution in [-0.4, -0.2) is 4.57 Å². The molecule has 0 unspecified atom stereocenters. The predicted molar refractivity (Wildman–Crippen MR) is 65.5 cm³/mol. The SMILES string of the molecule is C#C/C=C\c1c(C)c2ccccc2n1C. The summed E-state index contributed by atoms with van der Waals surface area (Å²) in [5.41, 5.74) is 3.69. The molecular weight excluding hydrogens is 182 g/mol. The first-order valence-corrected chi connectivity index (χ1v) is 4.92. The second-order valence-corrected chi connectivity index (χ2v) is 3.59. The van der Waals surface area contributed by atoms with Crippen molar-refractivity contribution in [3.05, 3.63) is 41.6 Å². The molecule has 1 aromatic carbocycles. The van der Waals surface area contributed by atoms with Crippen molar-refractivity contribution in [3.63, 3.8) is 0 Å². The minimum atomic E-state index is 1.18. The van der Waals surface area contributed by atoms with Crippen LogP contribution in [0.5, 0.6) is 0 Å². The van der Waals surface area contributed by atoms with Crippen LogP contribution in [0.15, 0.2) is 30.3 Å². The Kier molecular flexibility index (Phi) is 2.35. The van der Waals surface area contributed by atoms with Gasteiger partial charge in [0.1, 0.15) is 0 Å². The molecule has 1 heterocycles. The van der Waals surface area contributed by atoms with Crippen molar-refractivity contribution < 1.29 is 0 Å². The Labute approximate surface area is 90.0 Å². The molecule has 1 nitrogen and oxygen atoms in total. The van der Waals surface area contributed by atoms with Gasteiger partial charge < -0.3 is 4.57 Å². The fraction of sp³-hybridized carbons (Fsp3) is 0.143. The van der Waals surface area contributed by atoms with Gasteiger partial charge >= 0.3 is 0 Å². The Morgan fingerprint density at radius 3 is 2.73 bits per heavy atom. The number of terminal acetylenes is 1. The molecule has 0 bridgehead atoms. The molecule has 0 aliphatic carbocycles. The summed E-state index contributed by atoms with van der Waals surface area (Å²) in [6.45, 7) is 2.12. The van der Waals surface area contributed by atoms with E-state index in [-0.39, 0.29) is 0 Å². The number of benzene rings is 1. The molecule has 2 aromatic rings. The Hall–Kier alpha value is -1.94. The van der Waals surface area contributed by atoms with Crippen molar-refractivity contribution in [2.75, 3.05) is 0 Å². The second kappa shape index (κ2) is 3.67. The molecule has 0 spiro atoms. The van der Waals surface area contributed by atoms with Crippen molar-refractivity contribution in [3.8, 4) is 12.3 Å². The van der Waals surface area contributed by atoms with E-state index < -0.39 is 0 Å². The standard InChI is InChI=1S/C14H13N/c1-4-5-9-13-11(2)12-8-6-7-10-14(12)15(13)3/h1,5-10H,2-3H3/b9-5-. The van der Waals surface area contributed by atoms with Gasteiger partial charge in [-0.15, -0.1) is 6.42 Å². The van der Waals surface area contributed by atoms with E-state index in [4.69, 9.17) is 6.42 Å². The van der Waals surface area contributed by atoms with Gasteiger partial charge in [0.25, 0.3) is 0 Å². The normalized spacial score (nSPS) is 11.0. The third kappa shape index (κ3) is 1.45. The molecule has 15 heavy (non-hydrogen) atoms. The lowest BCUT2D eigenvalue weighted by Crippen LogP contribution is -1.90. The molecule has 0 saturated carbocycles. The van der Waals surface area contributed by atoms with Gasteiger partial charge in [0.15, 0.2) is 0 Å². The summed E-state index contributed by atoms with van der Waals surface area (Å²) in [5, 5.41) is 1.29. The Morgan fingerprint density at radius 1 is 1.33 bits per heavy atom. The van der Waals surface area contributed by atoms with Crippen LogP contribution in [0.4, 0.5) is 0 Å². The monoisotopic (exact) mass is 195 g/mol. The van der Waals surface area contributed by atoms with Crippen LogP contribution in [0.25, 0.3) is 17.0 Å². The lowest BCUT2D eigenvalue weighted by Gasteiger charge is -1.98. The summed E-state index contributed by atoms with van der Waals surface area (Å²) < 4.78 is 2.17. The summed E-state index contributed by atoms with van der Waals surface area (Å²) in [4.78, 5) is 0. The first kappa shape index (κ1) is 9.61. The fourth-order valence-corrected chi connectivity index (χ4v) is 1.97. The number of nitrogens with zero attached hydrogens (tertiary/aromatic N) is 1. The number of hydrogen-bond acceptors (Lipinski definition) is 0. The number of hydrogen-bond donors (Lipinski definition) is 0. The molecule has 0 amide bonds. The molecule has 1 aromatic heterocycles. The van der Waals surface area contributed by atoms with Crippen molar-refractivity contribution in [1.29, 1.82) is 0 Å². The van der Waals surface area contributed by atoms with Crippen molar-refractivity contribution in [2.24, 2.45) is 7.05 Å². The number of rotatable bonds is 1.